The Labute approximate surface area is 135 Å². The Bertz CT molecular complexity index is 776. The van der Waals surface area contributed by atoms with Crippen LogP contribution in [0.5, 0.6) is 0 Å². The van der Waals surface area contributed by atoms with Gasteiger partial charge in [-0.25, -0.2) is 18.1 Å². The van der Waals surface area contributed by atoms with Crippen LogP contribution in [0.4, 0.5) is 0 Å². The summed E-state index contributed by atoms with van der Waals surface area (Å²) in [4.78, 5) is 4.17. The highest BCUT2D eigenvalue weighted by molar-refractivity contribution is 7.89. The average molecular weight is 336 g/mol. The summed E-state index contributed by atoms with van der Waals surface area (Å²) < 4.78 is 29.0. The number of sulfonamides is 1. The first-order valence-corrected chi connectivity index (χ1v) is 8.90. The fourth-order valence-electron chi connectivity index (χ4n) is 2.83. The van der Waals surface area contributed by atoms with Crippen LogP contribution >= 0.6 is 0 Å². The third-order valence-electron chi connectivity index (χ3n) is 4.29. The molecule has 1 unspecified atom stereocenters. The molecular weight excluding hydrogens is 316 g/mol. The third kappa shape index (κ3) is 3.15. The van der Waals surface area contributed by atoms with Crippen molar-refractivity contribution in [3.63, 3.8) is 0 Å². The van der Waals surface area contributed by atoms with E-state index in [1.54, 1.807) is 29.2 Å². The monoisotopic (exact) mass is 336 g/mol. The molecule has 1 saturated heterocycles. The number of aliphatic hydroxyl groups is 1. The van der Waals surface area contributed by atoms with Gasteiger partial charge in [0.25, 0.3) is 0 Å². The Morgan fingerprint density at radius 1 is 1.35 bits per heavy atom. The van der Waals surface area contributed by atoms with Crippen molar-refractivity contribution >= 4 is 10.0 Å². The molecule has 7 nitrogen and oxygen atoms in total. The van der Waals surface area contributed by atoms with Crippen LogP contribution in [0, 0.1) is 5.41 Å². The first-order chi connectivity index (χ1) is 10.9. The SMILES string of the molecule is CC1(CO)CCN(S(=O)(=O)c2ccccc2Cn2cncn2)C1. The van der Waals surface area contributed by atoms with Gasteiger partial charge in [0.05, 0.1) is 11.4 Å². The van der Waals surface area contributed by atoms with Gasteiger partial charge in [-0.1, -0.05) is 25.1 Å². The molecule has 1 aromatic carbocycles. The standard InChI is InChI=1S/C15H20N4O3S/c1-15(10-20)6-7-19(9-15)23(21,22)14-5-3-2-4-13(14)8-18-12-16-11-17-18/h2-5,11-12,20H,6-10H2,1H3. The lowest BCUT2D eigenvalue weighted by atomic mass is 9.91. The topological polar surface area (TPSA) is 88.3 Å². The second-order valence-electron chi connectivity index (χ2n) is 6.26. The van der Waals surface area contributed by atoms with Gasteiger partial charge in [-0.15, -0.1) is 0 Å². The summed E-state index contributed by atoms with van der Waals surface area (Å²) in [6, 6.07) is 6.94. The molecule has 0 radical (unpaired) electrons. The summed E-state index contributed by atoms with van der Waals surface area (Å²) in [5.74, 6) is 0. The minimum Gasteiger partial charge on any atom is -0.396 e. The van der Waals surface area contributed by atoms with E-state index in [1.807, 2.05) is 13.0 Å². The van der Waals surface area contributed by atoms with E-state index >= 15 is 0 Å². The number of hydrogen-bond donors (Lipinski definition) is 1. The van der Waals surface area contributed by atoms with E-state index in [4.69, 9.17) is 0 Å². The molecule has 0 spiro atoms. The first kappa shape index (κ1) is 16.1. The number of benzene rings is 1. The molecule has 1 aromatic heterocycles. The van der Waals surface area contributed by atoms with Crippen LogP contribution in [0.1, 0.15) is 18.9 Å². The smallest absolute Gasteiger partial charge is 0.243 e. The number of nitrogens with zero attached hydrogens (tertiary/aromatic N) is 4. The van der Waals surface area contributed by atoms with Crippen molar-refractivity contribution in [1.29, 1.82) is 0 Å². The molecule has 1 aliphatic heterocycles. The van der Waals surface area contributed by atoms with Crippen molar-refractivity contribution < 1.29 is 13.5 Å². The fourth-order valence-corrected chi connectivity index (χ4v) is 4.63. The molecule has 1 aliphatic rings. The summed E-state index contributed by atoms with van der Waals surface area (Å²) in [5.41, 5.74) is 0.309. The molecule has 0 saturated carbocycles. The summed E-state index contributed by atoms with van der Waals surface area (Å²) in [5, 5.41) is 13.5. The molecule has 8 heteroatoms. The Morgan fingerprint density at radius 3 is 2.78 bits per heavy atom. The van der Waals surface area contributed by atoms with E-state index in [0.29, 0.717) is 31.6 Å². The number of aromatic nitrogens is 3. The second kappa shape index (κ2) is 6.03. The van der Waals surface area contributed by atoms with Crippen LogP contribution in [0.15, 0.2) is 41.8 Å². The van der Waals surface area contributed by atoms with Crippen LogP contribution in [0.3, 0.4) is 0 Å². The number of aliphatic hydroxyl groups excluding tert-OH is 1. The highest BCUT2D eigenvalue weighted by Crippen LogP contribution is 2.33. The van der Waals surface area contributed by atoms with Crippen molar-refractivity contribution in [1.82, 2.24) is 19.1 Å². The number of hydrogen-bond acceptors (Lipinski definition) is 5. The van der Waals surface area contributed by atoms with Crippen LogP contribution in [0.25, 0.3) is 0 Å². The predicted octanol–water partition coefficient (Wildman–Crippen LogP) is 0.719. The molecule has 1 fully saturated rings. The molecule has 3 rings (SSSR count). The van der Waals surface area contributed by atoms with Gasteiger partial charge in [-0.2, -0.15) is 9.40 Å². The summed E-state index contributed by atoms with van der Waals surface area (Å²) in [6.07, 6.45) is 3.64. The van der Waals surface area contributed by atoms with E-state index < -0.39 is 10.0 Å². The lowest BCUT2D eigenvalue weighted by Gasteiger charge is -2.22. The van der Waals surface area contributed by atoms with Gasteiger partial charge in [0.2, 0.25) is 10.0 Å². The summed E-state index contributed by atoms with van der Waals surface area (Å²) in [7, 11) is -3.59. The van der Waals surface area contributed by atoms with Gasteiger partial charge in [-0.05, 0) is 18.1 Å². The highest BCUT2D eigenvalue weighted by atomic mass is 32.2. The highest BCUT2D eigenvalue weighted by Gasteiger charge is 2.40. The maximum Gasteiger partial charge on any atom is 0.243 e. The lowest BCUT2D eigenvalue weighted by Crippen LogP contribution is -2.33. The molecule has 1 atom stereocenters. The van der Waals surface area contributed by atoms with E-state index in [1.165, 1.54) is 10.6 Å². The molecule has 124 valence electrons. The predicted molar refractivity (Wildman–Crippen MR) is 84.1 cm³/mol. The largest absolute Gasteiger partial charge is 0.396 e. The third-order valence-corrected chi connectivity index (χ3v) is 6.24. The normalized spacial score (nSPS) is 22.5. The zero-order chi connectivity index (χ0) is 16.5. The quantitative estimate of drug-likeness (QED) is 0.869. The van der Waals surface area contributed by atoms with Gasteiger partial charge >= 0.3 is 0 Å². The van der Waals surface area contributed by atoms with Crippen molar-refractivity contribution in [2.24, 2.45) is 5.41 Å². The van der Waals surface area contributed by atoms with E-state index in [0.717, 1.165) is 0 Å². The molecule has 2 heterocycles. The van der Waals surface area contributed by atoms with E-state index in [-0.39, 0.29) is 16.9 Å². The maximum atomic E-state index is 13.0. The van der Waals surface area contributed by atoms with Gasteiger partial charge in [0.1, 0.15) is 12.7 Å². The molecule has 0 aliphatic carbocycles. The van der Waals surface area contributed by atoms with Gasteiger partial charge in [0.15, 0.2) is 0 Å². The van der Waals surface area contributed by atoms with Gasteiger partial charge < -0.3 is 5.11 Å². The Hall–Kier alpha value is -1.77. The van der Waals surface area contributed by atoms with Crippen LogP contribution in [-0.2, 0) is 16.6 Å². The van der Waals surface area contributed by atoms with Crippen molar-refractivity contribution in [2.75, 3.05) is 19.7 Å². The van der Waals surface area contributed by atoms with Crippen LogP contribution in [0.2, 0.25) is 0 Å². The molecule has 0 bridgehead atoms. The average Bonchev–Trinajstić information content (AvgIpc) is 3.18. The maximum absolute atomic E-state index is 13.0. The van der Waals surface area contributed by atoms with Crippen LogP contribution < -0.4 is 0 Å². The molecule has 0 amide bonds. The molecule has 23 heavy (non-hydrogen) atoms. The number of rotatable bonds is 5. The summed E-state index contributed by atoms with van der Waals surface area (Å²) >= 11 is 0. The Balaban J connectivity index is 1.92. The second-order valence-corrected chi connectivity index (χ2v) is 8.16. The lowest BCUT2D eigenvalue weighted by molar-refractivity contribution is 0.155. The molecule has 1 N–H and O–H groups in total. The molecular formula is C15H20N4O3S. The van der Waals surface area contributed by atoms with Crippen molar-refractivity contribution in [3.8, 4) is 0 Å². The first-order valence-electron chi connectivity index (χ1n) is 7.46. The van der Waals surface area contributed by atoms with Gasteiger partial charge in [-0.3, -0.25) is 0 Å². The fraction of sp³-hybridized carbons (Fsp3) is 0.467. The zero-order valence-electron chi connectivity index (χ0n) is 13.0. The van der Waals surface area contributed by atoms with E-state index in [9.17, 15) is 13.5 Å². The molecule has 2 aromatic rings. The minimum absolute atomic E-state index is 0.0143. The van der Waals surface area contributed by atoms with Crippen molar-refractivity contribution in [3.05, 3.63) is 42.5 Å². The summed E-state index contributed by atoms with van der Waals surface area (Å²) in [6.45, 7) is 3.00. The minimum atomic E-state index is -3.59. The Kier molecular flexibility index (Phi) is 4.22. The van der Waals surface area contributed by atoms with E-state index in [2.05, 4.69) is 10.1 Å². The van der Waals surface area contributed by atoms with Gasteiger partial charge in [0, 0.05) is 25.1 Å². The van der Waals surface area contributed by atoms with Crippen molar-refractivity contribution in [2.45, 2.75) is 24.8 Å². The van der Waals surface area contributed by atoms with Crippen LogP contribution in [-0.4, -0.2) is 52.3 Å². The zero-order valence-corrected chi connectivity index (χ0v) is 13.8. The Morgan fingerprint density at radius 2 is 2.13 bits per heavy atom.